The average Bonchev–Trinajstić information content (AvgIpc) is 3.42. The molecule has 0 radical (unpaired) electrons. The number of hydrogen-bond donors (Lipinski definition) is 1. The zero-order valence-corrected chi connectivity index (χ0v) is 15.8. The van der Waals surface area contributed by atoms with E-state index in [4.69, 9.17) is 16.3 Å². The van der Waals surface area contributed by atoms with Gasteiger partial charge < -0.3 is 10.1 Å². The first-order chi connectivity index (χ1) is 12.3. The maximum Gasteiger partial charge on any atom is 0.251 e. The number of sulfone groups is 1. The lowest BCUT2D eigenvalue weighted by Gasteiger charge is -2.09. The molecule has 1 amide bonds. The highest BCUT2D eigenvalue weighted by Crippen LogP contribution is 2.29. The fourth-order valence-electron chi connectivity index (χ4n) is 2.30. The van der Waals surface area contributed by atoms with E-state index in [1.165, 1.54) is 31.0 Å². The summed E-state index contributed by atoms with van der Waals surface area (Å²) in [6.45, 7) is 0.966. The molecular weight excluding hydrogens is 376 g/mol. The van der Waals surface area contributed by atoms with Crippen LogP contribution < -0.4 is 10.1 Å². The number of pyridine rings is 1. The number of carbonyl (C=O) groups is 1. The van der Waals surface area contributed by atoms with Crippen LogP contribution >= 0.6 is 11.6 Å². The third-order valence-electron chi connectivity index (χ3n) is 4.01. The SMILES string of the molecule is CS(=O)(=O)c1cc(C(=O)NCc2ccc(OCC3CC3)nc2)ccc1Cl. The monoisotopic (exact) mass is 394 g/mol. The lowest BCUT2D eigenvalue weighted by Crippen LogP contribution is -2.23. The first-order valence-electron chi connectivity index (χ1n) is 8.18. The van der Waals surface area contributed by atoms with E-state index < -0.39 is 9.84 Å². The van der Waals surface area contributed by atoms with Gasteiger partial charge in [0.25, 0.3) is 5.91 Å². The van der Waals surface area contributed by atoms with Crippen molar-refractivity contribution >= 4 is 27.3 Å². The molecule has 0 saturated heterocycles. The van der Waals surface area contributed by atoms with Gasteiger partial charge in [0.05, 0.1) is 16.5 Å². The Morgan fingerprint density at radius 3 is 2.69 bits per heavy atom. The Hall–Kier alpha value is -2.12. The fourth-order valence-corrected chi connectivity index (χ4v) is 3.60. The van der Waals surface area contributed by atoms with Crippen LogP contribution in [0.3, 0.4) is 0 Å². The van der Waals surface area contributed by atoms with Gasteiger partial charge in [-0.25, -0.2) is 13.4 Å². The summed E-state index contributed by atoms with van der Waals surface area (Å²) < 4.78 is 29.0. The molecule has 8 heteroatoms. The van der Waals surface area contributed by atoms with Crippen molar-refractivity contribution in [2.75, 3.05) is 12.9 Å². The second-order valence-electron chi connectivity index (χ2n) is 6.36. The lowest BCUT2D eigenvalue weighted by molar-refractivity contribution is 0.0950. The number of rotatable bonds is 7. The van der Waals surface area contributed by atoms with Gasteiger partial charge in [-0.15, -0.1) is 0 Å². The molecule has 1 heterocycles. The first kappa shape index (κ1) is 18.7. The van der Waals surface area contributed by atoms with Gasteiger partial charge in [-0.1, -0.05) is 17.7 Å². The zero-order chi connectivity index (χ0) is 18.7. The summed E-state index contributed by atoms with van der Waals surface area (Å²) in [5.74, 6) is 0.843. The second kappa shape index (κ2) is 7.63. The number of benzene rings is 1. The van der Waals surface area contributed by atoms with Gasteiger partial charge in [-0.3, -0.25) is 4.79 Å². The molecule has 6 nitrogen and oxygen atoms in total. The molecule has 1 saturated carbocycles. The minimum atomic E-state index is -3.50. The number of carbonyl (C=O) groups excluding carboxylic acids is 1. The van der Waals surface area contributed by atoms with Crippen molar-refractivity contribution in [3.8, 4) is 5.88 Å². The van der Waals surface area contributed by atoms with E-state index in [0.717, 1.165) is 11.8 Å². The molecule has 0 atom stereocenters. The summed E-state index contributed by atoms with van der Waals surface area (Å²) in [6.07, 6.45) is 5.13. The largest absolute Gasteiger partial charge is 0.477 e. The molecule has 0 aliphatic heterocycles. The van der Waals surface area contributed by atoms with Crippen LogP contribution in [0, 0.1) is 5.92 Å². The minimum Gasteiger partial charge on any atom is -0.477 e. The van der Waals surface area contributed by atoms with Gasteiger partial charge in [0.15, 0.2) is 9.84 Å². The van der Waals surface area contributed by atoms with Crippen molar-refractivity contribution in [2.45, 2.75) is 24.3 Å². The first-order valence-corrected chi connectivity index (χ1v) is 10.5. The quantitative estimate of drug-likeness (QED) is 0.780. The molecule has 1 N–H and O–H groups in total. The van der Waals surface area contributed by atoms with Crippen molar-refractivity contribution < 1.29 is 17.9 Å². The Labute approximate surface area is 157 Å². The summed E-state index contributed by atoms with van der Waals surface area (Å²) >= 11 is 5.89. The van der Waals surface area contributed by atoms with E-state index in [0.29, 0.717) is 18.4 Å². The molecule has 26 heavy (non-hydrogen) atoms. The molecule has 1 aliphatic carbocycles. The van der Waals surface area contributed by atoms with Gasteiger partial charge in [0, 0.05) is 30.6 Å². The van der Waals surface area contributed by atoms with E-state index in [2.05, 4.69) is 10.3 Å². The molecule has 0 unspecified atom stereocenters. The predicted octanol–water partition coefficient (Wildman–Crippen LogP) is 2.86. The van der Waals surface area contributed by atoms with Gasteiger partial charge in [-0.05, 0) is 42.5 Å². The molecule has 1 aliphatic rings. The smallest absolute Gasteiger partial charge is 0.251 e. The van der Waals surface area contributed by atoms with Crippen LogP contribution in [0.5, 0.6) is 5.88 Å². The molecule has 3 rings (SSSR count). The highest BCUT2D eigenvalue weighted by atomic mass is 35.5. The molecule has 1 aromatic carbocycles. The Bertz CT molecular complexity index is 909. The number of hydrogen-bond acceptors (Lipinski definition) is 5. The van der Waals surface area contributed by atoms with Crippen LogP contribution in [0.1, 0.15) is 28.8 Å². The van der Waals surface area contributed by atoms with E-state index in [9.17, 15) is 13.2 Å². The van der Waals surface area contributed by atoms with Gasteiger partial charge >= 0.3 is 0 Å². The summed E-state index contributed by atoms with van der Waals surface area (Å²) in [5, 5.41) is 2.83. The molecular formula is C18H19ClN2O4S. The van der Waals surface area contributed by atoms with Crippen LogP contribution in [-0.2, 0) is 16.4 Å². The van der Waals surface area contributed by atoms with Crippen molar-refractivity contribution in [3.63, 3.8) is 0 Å². The summed E-state index contributed by atoms with van der Waals surface area (Å²) in [4.78, 5) is 16.4. The van der Waals surface area contributed by atoms with Crippen LogP contribution in [0.25, 0.3) is 0 Å². The van der Waals surface area contributed by atoms with Crippen molar-refractivity contribution in [1.29, 1.82) is 0 Å². The van der Waals surface area contributed by atoms with Crippen LogP contribution in [0.2, 0.25) is 5.02 Å². The van der Waals surface area contributed by atoms with Crippen LogP contribution in [-0.4, -0.2) is 32.2 Å². The Morgan fingerprint density at radius 1 is 1.31 bits per heavy atom. The molecule has 0 spiro atoms. The van der Waals surface area contributed by atoms with Crippen LogP contribution in [0.4, 0.5) is 0 Å². The summed E-state index contributed by atoms with van der Waals surface area (Å²) in [6, 6.07) is 7.77. The Balaban J connectivity index is 1.59. The normalized spacial score (nSPS) is 14.1. The molecule has 138 valence electrons. The minimum absolute atomic E-state index is 0.0642. The van der Waals surface area contributed by atoms with Gasteiger partial charge in [-0.2, -0.15) is 0 Å². The van der Waals surface area contributed by atoms with Crippen molar-refractivity contribution in [3.05, 3.63) is 52.7 Å². The number of ether oxygens (including phenoxy) is 1. The van der Waals surface area contributed by atoms with Crippen molar-refractivity contribution in [1.82, 2.24) is 10.3 Å². The molecule has 2 aromatic rings. The third-order valence-corrected chi connectivity index (χ3v) is 5.59. The standard InChI is InChI=1S/C18H19ClN2O4S/c1-26(23,24)16-8-14(5-6-15(16)19)18(22)21-10-13-4-7-17(20-9-13)25-11-12-2-3-12/h4-9,12H,2-3,10-11H2,1H3,(H,21,22). The molecule has 1 aromatic heterocycles. The number of aromatic nitrogens is 1. The van der Waals surface area contributed by atoms with Crippen molar-refractivity contribution in [2.24, 2.45) is 5.92 Å². The van der Waals surface area contributed by atoms with Gasteiger partial charge in [0.2, 0.25) is 5.88 Å². The summed E-state index contributed by atoms with van der Waals surface area (Å²) in [5.41, 5.74) is 1.04. The topological polar surface area (TPSA) is 85.4 Å². The highest BCUT2D eigenvalue weighted by molar-refractivity contribution is 7.90. The van der Waals surface area contributed by atoms with Crippen LogP contribution in [0.15, 0.2) is 41.4 Å². The summed E-state index contributed by atoms with van der Waals surface area (Å²) in [7, 11) is -3.50. The van der Waals surface area contributed by atoms with E-state index in [1.807, 2.05) is 6.07 Å². The lowest BCUT2D eigenvalue weighted by atomic mass is 10.2. The molecule has 1 fully saturated rings. The number of halogens is 1. The number of amides is 1. The predicted molar refractivity (Wildman–Crippen MR) is 98.2 cm³/mol. The second-order valence-corrected chi connectivity index (χ2v) is 8.75. The average molecular weight is 395 g/mol. The third kappa shape index (κ3) is 4.95. The zero-order valence-electron chi connectivity index (χ0n) is 14.2. The number of nitrogens with one attached hydrogen (secondary N) is 1. The maximum atomic E-state index is 12.3. The maximum absolute atomic E-state index is 12.3. The Morgan fingerprint density at radius 2 is 2.08 bits per heavy atom. The van der Waals surface area contributed by atoms with E-state index in [-0.39, 0.29) is 27.9 Å². The highest BCUT2D eigenvalue weighted by Gasteiger charge is 2.22. The fraction of sp³-hybridized carbons (Fsp3) is 0.333. The van der Waals surface area contributed by atoms with E-state index in [1.54, 1.807) is 12.3 Å². The van der Waals surface area contributed by atoms with Gasteiger partial charge in [0.1, 0.15) is 0 Å². The number of nitrogens with zero attached hydrogens (tertiary/aromatic N) is 1. The Kier molecular flexibility index (Phi) is 5.48. The van der Waals surface area contributed by atoms with E-state index >= 15 is 0 Å². The molecule has 0 bridgehead atoms.